The minimum atomic E-state index is 0.0451. The van der Waals surface area contributed by atoms with E-state index in [1.165, 1.54) is 0 Å². The monoisotopic (exact) mass is 274 g/mol. The Labute approximate surface area is 119 Å². The molecular formula is C16H22N2O2. The van der Waals surface area contributed by atoms with Crippen LogP contribution in [0.15, 0.2) is 18.2 Å². The van der Waals surface area contributed by atoms with E-state index in [9.17, 15) is 4.79 Å². The molecule has 0 saturated carbocycles. The first kappa shape index (κ1) is 13.6. The Hall–Kier alpha value is -1.39. The summed E-state index contributed by atoms with van der Waals surface area (Å²) in [5, 5.41) is 6.25. The van der Waals surface area contributed by atoms with Crippen LogP contribution in [0.2, 0.25) is 0 Å². The Morgan fingerprint density at radius 3 is 2.95 bits per heavy atom. The van der Waals surface area contributed by atoms with E-state index in [1.807, 2.05) is 13.1 Å². The number of amides is 1. The fourth-order valence-corrected chi connectivity index (χ4v) is 3.27. The number of benzene rings is 1. The van der Waals surface area contributed by atoms with Crippen molar-refractivity contribution in [3.05, 3.63) is 34.9 Å². The minimum absolute atomic E-state index is 0.0451. The summed E-state index contributed by atoms with van der Waals surface area (Å²) in [6.07, 6.45) is 3.61. The van der Waals surface area contributed by atoms with E-state index in [2.05, 4.69) is 29.7 Å². The first-order chi connectivity index (χ1) is 9.69. The maximum Gasteiger partial charge on any atom is 0.251 e. The number of likely N-dealkylation sites (N-methyl/N-ethyl adjacent to an activating group) is 1. The van der Waals surface area contributed by atoms with Gasteiger partial charge in [0.2, 0.25) is 0 Å². The summed E-state index contributed by atoms with van der Waals surface area (Å²) in [5.41, 5.74) is 3.11. The van der Waals surface area contributed by atoms with Crippen LogP contribution in [0.25, 0.3) is 0 Å². The maximum absolute atomic E-state index is 12.0. The molecule has 0 spiro atoms. The topological polar surface area (TPSA) is 50.4 Å². The van der Waals surface area contributed by atoms with Gasteiger partial charge in [-0.15, -0.1) is 0 Å². The van der Waals surface area contributed by atoms with Gasteiger partial charge in [0.25, 0.3) is 5.91 Å². The fraction of sp³-hybridized carbons (Fsp3) is 0.562. The lowest BCUT2D eigenvalue weighted by atomic mass is 9.92. The summed E-state index contributed by atoms with van der Waals surface area (Å²) >= 11 is 0. The van der Waals surface area contributed by atoms with Crippen LogP contribution in [0.1, 0.15) is 47.3 Å². The lowest BCUT2D eigenvalue weighted by molar-refractivity contribution is 0.0333. The molecule has 4 nitrogen and oxygen atoms in total. The molecule has 1 aromatic rings. The van der Waals surface area contributed by atoms with Gasteiger partial charge in [-0.1, -0.05) is 12.1 Å². The van der Waals surface area contributed by atoms with Crippen LogP contribution in [0.4, 0.5) is 0 Å². The number of carbonyl (C=O) groups is 1. The van der Waals surface area contributed by atoms with Crippen molar-refractivity contribution < 1.29 is 9.53 Å². The summed E-state index contributed by atoms with van der Waals surface area (Å²) in [4.78, 5) is 12.0. The second-order valence-corrected chi connectivity index (χ2v) is 5.75. The van der Waals surface area contributed by atoms with Gasteiger partial charge in [0, 0.05) is 12.1 Å². The van der Waals surface area contributed by atoms with Gasteiger partial charge in [-0.25, -0.2) is 0 Å². The van der Waals surface area contributed by atoms with E-state index in [4.69, 9.17) is 4.74 Å². The molecule has 0 aromatic heterocycles. The summed E-state index contributed by atoms with van der Waals surface area (Å²) in [6, 6.07) is 6.40. The largest absolute Gasteiger partial charge is 0.373 e. The standard InChI is InChI=1S/C16H22N2O2/c1-10-3-6-14(20-10)15(17-2)12-5-4-11-7-8-18-16(19)13(11)9-12/h4-5,9-10,14-15,17H,3,6-8H2,1-2H3,(H,18,19). The summed E-state index contributed by atoms with van der Waals surface area (Å²) < 4.78 is 5.98. The molecule has 1 amide bonds. The number of nitrogens with one attached hydrogen (secondary N) is 2. The van der Waals surface area contributed by atoms with Crippen molar-refractivity contribution in [1.82, 2.24) is 10.6 Å². The maximum atomic E-state index is 12.0. The van der Waals surface area contributed by atoms with Crippen LogP contribution in [-0.2, 0) is 11.2 Å². The molecule has 0 radical (unpaired) electrons. The van der Waals surface area contributed by atoms with E-state index >= 15 is 0 Å². The first-order valence-corrected chi connectivity index (χ1v) is 7.43. The summed E-state index contributed by atoms with van der Waals surface area (Å²) in [5.74, 6) is 0.0451. The zero-order valence-corrected chi connectivity index (χ0v) is 12.1. The number of rotatable bonds is 3. The van der Waals surface area contributed by atoms with Gasteiger partial charge >= 0.3 is 0 Å². The van der Waals surface area contributed by atoms with Crippen LogP contribution in [0.3, 0.4) is 0 Å². The molecule has 20 heavy (non-hydrogen) atoms. The third kappa shape index (κ3) is 2.45. The van der Waals surface area contributed by atoms with Crippen LogP contribution < -0.4 is 10.6 Å². The minimum Gasteiger partial charge on any atom is -0.373 e. The number of fused-ring (bicyclic) bond motifs is 1. The highest BCUT2D eigenvalue weighted by Gasteiger charge is 2.30. The molecule has 1 saturated heterocycles. The van der Waals surface area contributed by atoms with Crippen molar-refractivity contribution in [2.24, 2.45) is 0 Å². The van der Waals surface area contributed by atoms with Gasteiger partial charge in [0.1, 0.15) is 0 Å². The average molecular weight is 274 g/mol. The highest BCUT2D eigenvalue weighted by atomic mass is 16.5. The zero-order valence-electron chi connectivity index (χ0n) is 12.1. The Balaban J connectivity index is 1.88. The van der Waals surface area contributed by atoms with E-state index in [1.54, 1.807) is 0 Å². The molecular weight excluding hydrogens is 252 g/mol. The smallest absolute Gasteiger partial charge is 0.251 e. The van der Waals surface area contributed by atoms with Crippen molar-refractivity contribution >= 4 is 5.91 Å². The third-order valence-corrected chi connectivity index (χ3v) is 4.37. The highest BCUT2D eigenvalue weighted by Crippen LogP contribution is 2.31. The van der Waals surface area contributed by atoms with Gasteiger partial charge < -0.3 is 15.4 Å². The normalized spacial score (nSPS) is 27.0. The van der Waals surface area contributed by atoms with Crippen LogP contribution in [0.5, 0.6) is 0 Å². The number of carbonyl (C=O) groups excluding carboxylic acids is 1. The molecule has 3 unspecified atom stereocenters. The number of hydrogen-bond donors (Lipinski definition) is 2. The summed E-state index contributed by atoms with van der Waals surface area (Å²) in [6.45, 7) is 2.86. The predicted molar refractivity (Wildman–Crippen MR) is 77.8 cm³/mol. The molecule has 4 heteroatoms. The lowest BCUT2D eigenvalue weighted by Gasteiger charge is -2.25. The molecule has 2 heterocycles. The van der Waals surface area contributed by atoms with Gasteiger partial charge in [-0.2, -0.15) is 0 Å². The molecule has 1 fully saturated rings. The van der Waals surface area contributed by atoms with Gasteiger partial charge in [-0.05, 0) is 50.4 Å². The fourth-order valence-electron chi connectivity index (χ4n) is 3.27. The van der Waals surface area contributed by atoms with Crippen molar-refractivity contribution in [1.29, 1.82) is 0 Å². The van der Waals surface area contributed by atoms with E-state index in [0.29, 0.717) is 6.10 Å². The van der Waals surface area contributed by atoms with Gasteiger partial charge in [-0.3, -0.25) is 4.79 Å². The van der Waals surface area contributed by atoms with Crippen LogP contribution in [-0.4, -0.2) is 31.7 Å². The van der Waals surface area contributed by atoms with E-state index in [0.717, 1.165) is 42.5 Å². The molecule has 3 atom stereocenters. The molecule has 1 aromatic carbocycles. The quantitative estimate of drug-likeness (QED) is 0.883. The molecule has 2 aliphatic heterocycles. The molecule has 2 aliphatic rings. The Kier molecular flexibility index (Phi) is 3.76. The molecule has 0 bridgehead atoms. The van der Waals surface area contributed by atoms with Crippen molar-refractivity contribution in [3.8, 4) is 0 Å². The second-order valence-electron chi connectivity index (χ2n) is 5.75. The molecule has 0 aliphatic carbocycles. The zero-order chi connectivity index (χ0) is 14.1. The van der Waals surface area contributed by atoms with Crippen molar-refractivity contribution in [3.63, 3.8) is 0 Å². The molecule has 3 rings (SSSR count). The summed E-state index contributed by atoms with van der Waals surface area (Å²) in [7, 11) is 1.95. The lowest BCUT2D eigenvalue weighted by Crippen LogP contribution is -2.33. The Bertz CT molecular complexity index is 515. The molecule has 108 valence electrons. The van der Waals surface area contributed by atoms with Crippen LogP contribution >= 0.6 is 0 Å². The van der Waals surface area contributed by atoms with Gasteiger partial charge in [0.15, 0.2) is 0 Å². The Morgan fingerprint density at radius 2 is 2.25 bits per heavy atom. The van der Waals surface area contributed by atoms with Crippen molar-refractivity contribution in [2.75, 3.05) is 13.6 Å². The SMILES string of the molecule is CNC(c1ccc2c(c1)C(=O)NCC2)C1CCC(C)O1. The number of hydrogen-bond acceptors (Lipinski definition) is 3. The second kappa shape index (κ2) is 5.54. The Morgan fingerprint density at radius 1 is 1.40 bits per heavy atom. The predicted octanol–water partition coefficient (Wildman–Crippen LogP) is 1.80. The van der Waals surface area contributed by atoms with E-state index < -0.39 is 0 Å². The highest BCUT2D eigenvalue weighted by molar-refractivity contribution is 5.96. The molecule has 2 N–H and O–H groups in total. The average Bonchev–Trinajstić information content (AvgIpc) is 2.87. The van der Waals surface area contributed by atoms with Gasteiger partial charge in [0.05, 0.1) is 18.2 Å². The first-order valence-electron chi connectivity index (χ1n) is 7.43. The van der Waals surface area contributed by atoms with Crippen molar-refractivity contribution in [2.45, 2.75) is 44.4 Å². The van der Waals surface area contributed by atoms with E-state index in [-0.39, 0.29) is 18.1 Å². The van der Waals surface area contributed by atoms with Crippen LogP contribution in [0, 0.1) is 0 Å². The number of ether oxygens (including phenoxy) is 1. The third-order valence-electron chi connectivity index (χ3n) is 4.37.